The lowest BCUT2D eigenvalue weighted by Gasteiger charge is -2.06. The van der Waals surface area contributed by atoms with Gasteiger partial charge in [0.05, 0.1) is 5.33 Å². The first kappa shape index (κ1) is 10.5. The Bertz CT molecular complexity index is 352. The van der Waals surface area contributed by atoms with Crippen LogP contribution in [0.25, 0.3) is 0 Å². The molecule has 0 aliphatic rings. The van der Waals surface area contributed by atoms with Gasteiger partial charge in [0.2, 0.25) is 0 Å². The fourth-order valence-electron chi connectivity index (χ4n) is 1.06. The Balaban J connectivity index is 3.28. The molecular formula is C9H9BrClNO. The van der Waals surface area contributed by atoms with Crippen LogP contribution in [-0.4, -0.2) is 11.1 Å². The van der Waals surface area contributed by atoms with Crippen molar-refractivity contribution in [3.05, 3.63) is 28.3 Å². The number of carbonyl (C=O) groups is 1. The highest BCUT2D eigenvalue weighted by atomic mass is 79.9. The first-order valence-corrected chi connectivity index (χ1v) is 5.21. The summed E-state index contributed by atoms with van der Waals surface area (Å²) < 4.78 is 0. The Kier molecular flexibility index (Phi) is 3.33. The molecule has 0 saturated heterocycles. The van der Waals surface area contributed by atoms with Gasteiger partial charge in [0.15, 0.2) is 5.78 Å². The van der Waals surface area contributed by atoms with E-state index in [1.165, 1.54) is 0 Å². The highest BCUT2D eigenvalue weighted by Crippen LogP contribution is 2.23. The van der Waals surface area contributed by atoms with E-state index in [4.69, 9.17) is 17.3 Å². The summed E-state index contributed by atoms with van der Waals surface area (Å²) in [5, 5.41) is 0.799. The minimum Gasteiger partial charge on any atom is -0.398 e. The Labute approximate surface area is 90.2 Å². The summed E-state index contributed by atoms with van der Waals surface area (Å²) in [5.74, 6) is -0.0527. The Morgan fingerprint density at radius 3 is 2.77 bits per heavy atom. The van der Waals surface area contributed by atoms with Gasteiger partial charge in [-0.25, -0.2) is 0 Å². The zero-order chi connectivity index (χ0) is 10.0. The number of anilines is 1. The second-order valence-corrected chi connectivity index (χ2v) is 3.74. The molecule has 0 aliphatic carbocycles. The van der Waals surface area contributed by atoms with Crippen LogP contribution in [0, 0.1) is 6.92 Å². The van der Waals surface area contributed by atoms with Gasteiger partial charge < -0.3 is 5.73 Å². The van der Waals surface area contributed by atoms with Crippen LogP contribution in [0.2, 0.25) is 5.02 Å². The van der Waals surface area contributed by atoms with Crippen molar-refractivity contribution in [2.45, 2.75) is 6.92 Å². The van der Waals surface area contributed by atoms with E-state index in [0.29, 0.717) is 16.3 Å². The lowest BCUT2D eigenvalue weighted by Crippen LogP contribution is -2.06. The molecule has 0 heterocycles. The predicted molar refractivity (Wildman–Crippen MR) is 58.7 cm³/mol. The summed E-state index contributed by atoms with van der Waals surface area (Å²) in [5.41, 5.74) is 7.55. The summed E-state index contributed by atoms with van der Waals surface area (Å²) >= 11 is 8.89. The largest absolute Gasteiger partial charge is 0.398 e. The fraction of sp³-hybridized carbons (Fsp3) is 0.222. The van der Waals surface area contributed by atoms with E-state index in [9.17, 15) is 4.79 Å². The van der Waals surface area contributed by atoms with Gasteiger partial charge in [-0.2, -0.15) is 0 Å². The number of Topliss-reactive ketones (excluding diaryl/α,β-unsaturated/α-hetero) is 1. The van der Waals surface area contributed by atoms with Crippen molar-refractivity contribution in [2.24, 2.45) is 0 Å². The second-order valence-electron chi connectivity index (χ2n) is 2.74. The van der Waals surface area contributed by atoms with Crippen LogP contribution in [0.15, 0.2) is 12.1 Å². The lowest BCUT2D eigenvalue weighted by molar-refractivity contribution is 0.102. The minimum atomic E-state index is -0.0527. The average molecular weight is 263 g/mol. The molecule has 4 heteroatoms. The average Bonchev–Trinajstić information content (AvgIpc) is 2.10. The number of ketones is 1. The molecule has 2 N–H and O–H groups in total. The van der Waals surface area contributed by atoms with E-state index in [1.54, 1.807) is 12.1 Å². The maximum atomic E-state index is 11.4. The third-order valence-corrected chi connectivity index (χ3v) is 2.50. The van der Waals surface area contributed by atoms with Crippen LogP contribution < -0.4 is 5.73 Å². The first-order valence-electron chi connectivity index (χ1n) is 3.71. The molecule has 0 bridgehead atoms. The summed E-state index contributed by atoms with van der Waals surface area (Å²) in [6.07, 6.45) is 0. The van der Waals surface area contributed by atoms with Crippen molar-refractivity contribution in [3.63, 3.8) is 0 Å². The third kappa shape index (κ3) is 2.23. The lowest BCUT2D eigenvalue weighted by atomic mass is 10.1. The van der Waals surface area contributed by atoms with Crippen molar-refractivity contribution >= 4 is 39.0 Å². The molecule has 0 atom stereocenters. The fourth-order valence-corrected chi connectivity index (χ4v) is 1.63. The molecule has 70 valence electrons. The highest BCUT2D eigenvalue weighted by molar-refractivity contribution is 9.09. The number of hydrogen-bond acceptors (Lipinski definition) is 2. The first-order chi connectivity index (χ1) is 6.06. The molecule has 13 heavy (non-hydrogen) atoms. The molecule has 1 aromatic rings. The topological polar surface area (TPSA) is 43.1 Å². The second kappa shape index (κ2) is 4.11. The summed E-state index contributed by atoms with van der Waals surface area (Å²) in [7, 11) is 0. The van der Waals surface area contributed by atoms with Gasteiger partial charge in [0.25, 0.3) is 0 Å². The number of hydrogen-bond donors (Lipinski definition) is 1. The zero-order valence-corrected chi connectivity index (χ0v) is 9.45. The molecule has 0 spiro atoms. The van der Waals surface area contributed by atoms with Gasteiger partial charge in [0.1, 0.15) is 0 Å². The Morgan fingerprint density at radius 2 is 2.23 bits per heavy atom. The number of nitrogen functional groups attached to an aromatic ring is 1. The normalized spacial score (nSPS) is 10.1. The number of rotatable bonds is 2. The van der Waals surface area contributed by atoms with Crippen LogP contribution in [-0.2, 0) is 0 Å². The van der Waals surface area contributed by atoms with Crippen LogP contribution in [0.1, 0.15) is 15.9 Å². The molecule has 1 rings (SSSR count). The van der Waals surface area contributed by atoms with Gasteiger partial charge in [-0.1, -0.05) is 27.5 Å². The SMILES string of the molecule is Cc1cc(Cl)cc(C(=O)CBr)c1N. The van der Waals surface area contributed by atoms with Crippen LogP contribution in [0.3, 0.4) is 0 Å². The number of halogens is 2. The quantitative estimate of drug-likeness (QED) is 0.506. The number of carbonyl (C=O) groups excluding carboxylic acids is 1. The van der Waals surface area contributed by atoms with E-state index in [1.807, 2.05) is 6.92 Å². The maximum absolute atomic E-state index is 11.4. The van der Waals surface area contributed by atoms with E-state index >= 15 is 0 Å². The monoisotopic (exact) mass is 261 g/mol. The molecule has 2 nitrogen and oxygen atoms in total. The summed E-state index contributed by atoms with van der Waals surface area (Å²) in [4.78, 5) is 11.4. The molecule has 0 radical (unpaired) electrons. The van der Waals surface area contributed by atoms with Gasteiger partial charge in [-0.15, -0.1) is 0 Å². The van der Waals surface area contributed by atoms with Crippen molar-refractivity contribution < 1.29 is 4.79 Å². The molecule has 0 fully saturated rings. The third-order valence-electron chi connectivity index (χ3n) is 1.77. The van der Waals surface area contributed by atoms with Gasteiger partial charge in [-0.3, -0.25) is 4.79 Å². The van der Waals surface area contributed by atoms with E-state index in [2.05, 4.69) is 15.9 Å². The van der Waals surface area contributed by atoms with E-state index in [0.717, 1.165) is 5.56 Å². The Hall–Kier alpha value is -0.540. The highest BCUT2D eigenvalue weighted by Gasteiger charge is 2.10. The predicted octanol–water partition coefficient (Wildman–Crippen LogP) is 2.81. The van der Waals surface area contributed by atoms with Crippen LogP contribution in [0.4, 0.5) is 5.69 Å². The van der Waals surface area contributed by atoms with Crippen LogP contribution >= 0.6 is 27.5 Å². The van der Waals surface area contributed by atoms with Gasteiger partial charge >= 0.3 is 0 Å². The zero-order valence-electron chi connectivity index (χ0n) is 7.10. The van der Waals surface area contributed by atoms with Crippen molar-refractivity contribution in [3.8, 4) is 0 Å². The molecule has 1 aromatic carbocycles. The molecule has 0 saturated carbocycles. The van der Waals surface area contributed by atoms with E-state index < -0.39 is 0 Å². The van der Waals surface area contributed by atoms with Crippen molar-refractivity contribution in [1.29, 1.82) is 0 Å². The smallest absolute Gasteiger partial charge is 0.175 e. The minimum absolute atomic E-state index is 0.0527. The molecule has 0 aromatic heterocycles. The van der Waals surface area contributed by atoms with Gasteiger partial charge in [0, 0.05) is 16.3 Å². The van der Waals surface area contributed by atoms with E-state index in [-0.39, 0.29) is 11.1 Å². The molecule has 0 aliphatic heterocycles. The summed E-state index contributed by atoms with van der Waals surface area (Å²) in [6, 6.07) is 3.33. The van der Waals surface area contributed by atoms with Crippen molar-refractivity contribution in [1.82, 2.24) is 0 Å². The number of aryl methyl sites for hydroxylation is 1. The van der Waals surface area contributed by atoms with Gasteiger partial charge in [-0.05, 0) is 24.6 Å². The number of nitrogens with two attached hydrogens (primary N) is 1. The molecule has 0 unspecified atom stereocenters. The van der Waals surface area contributed by atoms with Crippen molar-refractivity contribution in [2.75, 3.05) is 11.1 Å². The number of alkyl halides is 1. The molecular weight excluding hydrogens is 253 g/mol. The summed E-state index contributed by atoms with van der Waals surface area (Å²) in [6.45, 7) is 1.83. The van der Waals surface area contributed by atoms with Crippen LogP contribution in [0.5, 0.6) is 0 Å². The maximum Gasteiger partial charge on any atom is 0.175 e. The number of benzene rings is 1. The Morgan fingerprint density at radius 1 is 1.62 bits per heavy atom. The standard InChI is InChI=1S/C9H9BrClNO/c1-5-2-6(11)3-7(9(5)12)8(13)4-10/h2-3H,4,12H2,1H3. The molecule has 0 amide bonds.